The second-order valence-corrected chi connectivity index (χ2v) is 7.61. The summed E-state index contributed by atoms with van der Waals surface area (Å²) in [6.07, 6.45) is 0. The molecule has 0 aliphatic carbocycles. The van der Waals surface area contributed by atoms with Crippen molar-refractivity contribution in [1.82, 2.24) is 0 Å². The number of ether oxygens (including phenoxy) is 1. The van der Waals surface area contributed by atoms with Crippen LogP contribution in [0.3, 0.4) is 0 Å². The molecule has 1 N–H and O–H groups in total. The van der Waals surface area contributed by atoms with E-state index in [2.05, 4.69) is 5.32 Å². The molecule has 2 amide bonds. The van der Waals surface area contributed by atoms with Crippen molar-refractivity contribution >= 4 is 23.2 Å². The van der Waals surface area contributed by atoms with Gasteiger partial charge < -0.3 is 15.0 Å². The van der Waals surface area contributed by atoms with Crippen molar-refractivity contribution in [2.24, 2.45) is 10.8 Å². The lowest BCUT2D eigenvalue weighted by molar-refractivity contribution is -0.127. The largest absolute Gasteiger partial charge is 0.490 e. The summed E-state index contributed by atoms with van der Waals surface area (Å²) < 4.78 is 5.82. The van der Waals surface area contributed by atoms with Gasteiger partial charge in [-0.25, -0.2) is 0 Å². The second-order valence-electron chi connectivity index (χ2n) is 7.61. The number of carbonyl (C=O) groups is 2. The first-order valence-electron chi connectivity index (χ1n) is 7.96. The van der Waals surface area contributed by atoms with Crippen molar-refractivity contribution < 1.29 is 14.3 Å². The molecule has 1 aliphatic rings. The van der Waals surface area contributed by atoms with Crippen LogP contribution in [-0.4, -0.2) is 25.0 Å². The summed E-state index contributed by atoms with van der Waals surface area (Å²) in [7, 11) is 0. The van der Waals surface area contributed by atoms with Gasteiger partial charge in [-0.3, -0.25) is 9.59 Å². The zero-order valence-electron chi connectivity index (χ0n) is 14.8. The third-order valence-electron chi connectivity index (χ3n) is 3.92. The van der Waals surface area contributed by atoms with E-state index in [0.717, 1.165) is 0 Å². The fourth-order valence-electron chi connectivity index (χ4n) is 2.36. The minimum absolute atomic E-state index is 0.0260. The van der Waals surface area contributed by atoms with E-state index in [-0.39, 0.29) is 11.8 Å². The van der Waals surface area contributed by atoms with E-state index in [9.17, 15) is 9.59 Å². The monoisotopic (exact) mass is 318 g/mol. The molecule has 0 radical (unpaired) electrons. The minimum atomic E-state index is -0.580. The number of fused-ring (bicyclic) bond motifs is 1. The molecule has 2 rings (SSSR count). The highest BCUT2D eigenvalue weighted by molar-refractivity contribution is 6.01. The van der Waals surface area contributed by atoms with E-state index in [1.54, 1.807) is 11.0 Å². The molecule has 0 saturated heterocycles. The van der Waals surface area contributed by atoms with Gasteiger partial charge in [0.25, 0.3) is 0 Å². The third kappa shape index (κ3) is 3.49. The molecular weight excluding hydrogens is 292 g/mol. The van der Waals surface area contributed by atoms with Gasteiger partial charge in [-0.1, -0.05) is 20.8 Å². The van der Waals surface area contributed by atoms with Gasteiger partial charge in [-0.15, -0.1) is 0 Å². The number of anilines is 2. The van der Waals surface area contributed by atoms with Crippen LogP contribution in [0.15, 0.2) is 18.2 Å². The van der Waals surface area contributed by atoms with Gasteiger partial charge in [0, 0.05) is 17.6 Å². The summed E-state index contributed by atoms with van der Waals surface area (Å²) in [5.74, 6) is 0.624. The molecule has 1 aliphatic heterocycles. The lowest BCUT2D eigenvalue weighted by atomic mass is 9.93. The van der Waals surface area contributed by atoms with Gasteiger partial charge in [0.15, 0.2) is 0 Å². The fraction of sp³-hybridized carbons (Fsp3) is 0.556. The molecule has 0 unspecified atom stereocenters. The lowest BCUT2D eigenvalue weighted by Crippen LogP contribution is -2.42. The van der Waals surface area contributed by atoms with Gasteiger partial charge in [0.05, 0.1) is 11.1 Å². The SMILES string of the molecule is CCN1C(=O)C(C)(C)COc2ccc(NC(=O)C(C)(C)C)cc21. The smallest absolute Gasteiger partial charge is 0.236 e. The van der Waals surface area contributed by atoms with Crippen LogP contribution < -0.4 is 15.0 Å². The normalized spacial score (nSPS) is 17.1. The predicted molar refractivity (Wildman–Crippen MR) is 91.8 cm³/mol. The topological polar surface area (TPSA) is 58.6 Å². The Morgan fingerprint density at radius 2 is 2.00 bits per heavy atom. The molecule has 126 valence electrons. The Kier molecular flexibility index (Phi) is 4.42. The van der Waals surface area contributed by atoms with Crippen LogP contribution in [0.2, 0.25) is 0 Å². The summed E-state index contributed by atoms with van der Waals surface area (Å²) in [6, 6.07) is 5.42. The molecule has 1 aromatic rings. The van der Waals surface area contributed by atoms with E-state index in [1.807, 2.05) is 53.7 Å². The summed E-state index contributed by atoms with van der Waals surface area (Å²) in [4.78, 5) is 26.6. The molecule has 0 saturated carbocycles. The molecule has 0 atom stereocenters. The number of hydrogen-bond acceptors (Lipinski definition) is 3. The average Bonchev–Trinajstić information content (AvgIpc) is 2.54. The number of rotatable bonds is 2. The van der Waals surface area contributed by atoms with Crippen LogP contribution in [0.5, 0.6) is 5.75 Å². The maximum absolute atomic E-state index is 12.7. The average molecular weight is 318 g/mol. The molecule has 0 aromatic heterocycles. The summed E-state index contributed by atoms with van der Waals surface area (Å²) in [6.45, 7) is 12.2. The predicted octanol–water partition coefficient (Wildman–Crippen LogP) is 3.44. The fourth-order valence-corrected chi connectivity index (χ4v) is 2.36. The van der Waals surface area contributed by atoms with Gasteiger partial charge >= 0.3 is 0 Å². The second kappa shape index (κ2) is 5.87. The zero-order chi connectivity index (χ0) is 17.4. The van der Waals surface area contributed by atoms with E-state index in [1.165, 1.54) is 0 Å². The zero-order valence-corrected chi connectivity index (χ0v) is 14.8. The standard InChI is InChI=1S/C18H26N2O3/c1-7-20-13-10-12(19-15(21)17(2,3)4)8-9-14(13)23-11-18(5,6)16(20)22/h8-10H,7,11H2,1-6H3,(H,19,21). The molecule has 0 bridgehead atoms. The van der Waals surface area contributed by atoms with Crippen molar-refractivity contribution in [2.45, 2.75) is 41.5 Å². The van der Waals surface area contributed by atoms with Crippen molar-refractivity contribution in [3.05, 3.63) is 18.2 Å². The molecule has 23 heavy (non-hydrogen) atoms. The molecule has 5 nitrogen and oxygen atoms in total. The number of nitrogens with zero attached hydrogens (tertiary/aromatic N) is 1. The molecular formula is C18H26N2O3. The Hall–Kier alpha value is -2.04. The van der Waals surface area contributed by atoms with E-state index < -0.39 is 10.8 Å². The van der Waals surface area contributed by atoms with Crippen LogP contribution >= 0.6 is 0 Å². The highest BCUT2D eigenvalue weighted by Crippen LogP contribution is 2.38. The van der Waals surface area contributed by atoms with E-state index in [0.29, 0.717) is 30.3 Å². The highest BCUT2D eigenvalue weighted by atomic mass is 16.5. The van der Waals surface area contributed by atoms with E-state index in [4.69, 9.17) is 4.74 Å². The summed E-state index contributed by atoms with van der Waals surface area (Å²) in [5.41, 5.74) is 0.308. The summed E-state index contributed by atoms with van der Waals surface area (Å²) >= 11 is 0. The Morgan fingerprint density at radius 3 is 2.57 bits per heavy atom. The maximum atomic E-state index is 12.7. The van der Waals surface area contributed by atoms with Crippen LogP contribution in [0.4, 0.5) is 11.4 Å². The van der Waals surface area contributed by atoms with Crippen LogP contribution in [-0.2, 0) is 9.59 Å². The highest BCUT2D eigenvalue weighted by Gasteiger charge is 2.37. The first-order chi connectivity index (χ1) is 10.6. The number of amides is 2. The van der Waals surface area contributed by atoms with Crippen LogP contribution in [0.1, 0.15) is 41.5 Å². The maximum Gasteiger partial charge on any atom is 0.236 e. The molecule has 1 aromatic carbocycles. The number of hydrogen-bond donors (Lipinski definition) is 1. The molecule has 5 heteroatoms. The van der Waals surface area contributed by atoms with Crippen molar-refractivity contribution in [1.29, 1.82) is 0 Å². The lowest BCUT2D eigenvalue weighted by Gasteiger charge is -2.27. The Morgan fingerprint density at radius 1 is 1.35 bits per heavy atom. The number of nitrogens with one attached hydrogen (secondary N) is 1. The number of carbonyl (C=O) groups excluding carboxylic acids is 2. The molecule has 1 heterocycles. The summed E-state index contributed by atoms with van der Waals surface area (Å²) in [5, 5.41) is 2.90. The van der Waals surface area contributed by atoms with Crippen molar-refractivity contribution in [2.75, 3.05) is 23.4 Å². The third-order valence-corrected chi connectivity index (χ3v) is 3.92. The minimum Gasteiger partial charge on any atom is -0.490 e. The van der Waals surface area contributed by atoms with Gasteiger partial charge in [0.1, 0.15) is 12.4 Å². The van der Waals surface area contributed by atoms with Gasteiger partial charge in [0.2, 0.25) is 11.8 Å². The first-order valence-corrected chi connectivity index (χ1v) is 7.96. The first kappa shape index (κ1) is 17.3. The Labute approximate surface area is 138 Å². The molecule has 0 spiro atoms. The number of benzene rings is 1. The quantitative estimate of drug-likeness (QED) is 0.908. The van der Waals surface area contributed by atoms with Crippen molar-refractivity contribution in [3.8, 4) is 5.75 Å². The molecule has 0 fully saturated rings. The van der Waals surface area contributed by atoms with Gasteiger partial charge in [-0.05, 0) is 39.0 Å². The van der Waals surface area contributed by atoms with E-state index >= 15 is 0 Å². The van der Waals surface area contributed by atoms with Gasteiger partial charge in [-0.2, -0.15) is 0 Å². The van der Waals surface area contributed by atoms with Crippen LogP contribution in [0.25, 0.3) is 0 Å². The Bertz CT molecular complexity index is 630. The van der Waals surface area contributed by atoms with Crippen LogP contribution in [0, 0.1) is 10.8 Å². The Balaban J connectivity index is 2.39. The van der Waals surface area contributed by atoms with Crippen molar-refractivity contribution in [3.63, 3.8) is 0 Å².